The number of carbonyl (C=O) groups excluding carboxylic acids is 2. The minimum atomic E-state index is -0.476. The lowest BCUT2D eigenvalue weighted by Crippen LogP contribution is -2.15. The van der Waals surface area contributed by atoms with E-state index in [0.29, 0.717) is 19.1 Å². The first kappa shape index (κ1) is 22.9. The highest BCUT2D eigenvalue weighted by atomic mass is 16.6. The van der Waals surface area contributed by atoms with Crippen LogP contribution in [0.15, 0.2) is 0 Å². The van der Waals surface area contributed by atoms with Gasteiger partial charge in [0.05, 0.1) is 13.2 Å². The normalized spacial score (nSPS) is 12.0. The molecule has 1 atom stereocenters. The first-order valence-electron chi connectivity index (χ1n) is 9.91. The molecule has 0 amide bonds. The van der Waals surface area contributed by atoms with E-state index in [2.05, 4.69) is 20.8 Å². The molecule has 0 aromatic heterocycles. The highest BCUT2D eigenvalue weighted by Gasteiger charge is 2.12. The van der Waals surface area contributed by atoms with Gasteiger partial charge in [0.1, 0.15) is 6.42 Å². The summed E-state index contributed by atoms with van der Waals surface area (Å²) in [4.78, 5) is 23.0. The molecule has 0 heterocycles. The van der Waals surface area contributed by atoms with E-state index in [1.54, 1.807) is 0 Å². The SMILES string of the molecule is CCCCCCCCCCCOC(=O)CC(=O)OCCC(C)CC. The molecule has 1 unspecified atom stereocenters. The van der Waals surface area contributed by atoms with Crippen LogP contribution in [0.1, 0.15) is 97.8 Å². The van der Waals surface area contributed by atoms with Gasteiger partial charge in [-0.25, -0.2) is 0 Å². The molecule has 0 saturated carbocycles. The summed E-state index contributed by atoms with van der Waals surface area (Å²) < 4.78 is 10.1. The maximum atomic E-state index is 11.5. The maximum Gasteiger partial charge on any atom is 0.317 e. The summed E-state index contributed by atoms with van der Waals surface area (Å²) >= 11 is 0. The Morgan fingerprint density at radius 1 is 0.750 bits per heavy atom. The second-order valence-corrected chi connectivity index (χ2v) is 6.75. The molecule has 4 nitrogen and oxygen atoms in total. The van der Waals surface area contributed by atoms with E-state index < -0.39 is 11.9 Å². The Morgan fingerprint density at radius 3 is 1.79 bits per heavy atom. The summed E-state index contributed by atoms with van der Waals surface area (Å²) in [6.45, 7) is 7.26. The van der Waals surface area contributed by atoms with Crippen LogP contribution in [-0.2, 0) is 19.1 Å². The smallest absolute Gasteiger partial charge is 0.317 e. The van der Waals surface area contributed by atoms with E-state index in [1.807, 2.05) is 0 Å². The van der Waals surface area contributed by atoms with Crippen molar-refractivity contribution in [1.29, 1.82) is 0 Å². The van der Waals surface area contributed by atoms with Gasteiger partial charge in [0.25, 0.3) is 0 Å². The second-order valence-electron chi connectivity index (χ2n) is 6.75. The highest BCUT2D eigenvalue weighted by molar-refractivity contribution is 5.91. The zero-order valence-corrected chi connectivity index (χ0v) is 16.1. The molecule has 0 rings (SSSR count). The zero-order chi connectivity index (χ0) is 18.0. The maximum absolute atomic E-state index is 11.5. The third kappa shape index (κ3) is 15.8. The predicted molar refractivity (Wildman–Crippen MR) is 97.8 cm³/mol. The van der Waals surface area contributed by atoms with Crippen molar-refractivity contribution in [2.75, 3.05) is 13.2 Å². The van der Waals surface area contributed by atoms with Gasteiger partial charge in [-0.1, -0.05) is 78.6 Å². The first-order chi connectivity index (χ1) is 11.6. The standard InChI is InChI=1S/C20H38O4/c1-4-6-7-8-9-10-11-12-13-15-23-19(21)17-20(22)24-16-14-18(3)5-2/h18H,4-17H2,1-3H3. The van der Waals surface area contributed by atoms with Crippen LogP contribution in [0.25, 0.3) is 0 Å². The Labute approximate surface area is 148 Å². The summed E-state index contributed by atoms with van der Waals surface area (Å²) in [5.74, 6) is -0.408. The van der Waals surface area contributed by atoms with Gasteiger partial charge in [0.15, 0.2) is 0 Å². The van der Waals surface area contributed by atoms with Crippen molar-refractivity contribution in [3.05, 3.63) is 0 Å². The summed E-state index contributed by atoms with van der Waals surface area (Å²) in [5.41, 5.74) is 0. The van der Waals surface area contributed by atoms with E-state index in [4.69, 9.17) is 9.47 Å². The van der Waals surface area contributed by atoms with E-state index in [9.17, 15) is 9.59 Å². The molecule has 0 aromatic carbocycles. The summed E-state index contributed by atoms with van der Waals surface area (Å²) in [6, 6.07) is 0. The topological polar surface area (TPSA) is 52.6 Å². The molecule has 4 heteroatoms. The van der Waals surface area contributed by atoms with Crippen LogP contribution >= 0.6 is 0 Å². The fourth-order valence-corrected chi connectivity index (χ4v) is 2.40. The molecule has 0 aliphatic rings. The van der Waals surface area contributed by atoms with Gasteiger partial charge in [0, 0.05) is 0 Å². The minimum absolute atomic E-state index is 0.266. The Balaban J connectivity index is 3.38. The summed E-state index contributed by atoms with van der Waals surface area (Å²) in [6.07, 6.45) is 12.7. The number of hydrogen-bond donors (Lipinski definition) is 0. The molecule has 0 aliphatic heterocycles. The van der Waals surface area contributed by atoms with Crippen LogP contribution in [0.4, 0.5) is 0 Å². The molecule has 0 bridgehead atoms. The van der Waals surface area contributed by atoms with Crippen LogP contribution in [0.2, 0.25) is 0 Å². The van der Waals surface area contributed by atoms with Crippen molar-refractivity contribution in [2.24, 2.45) is 5.92 Å². The van der Waals surface area contributed by atoms with Crippen molar-refractivity contribution in [1.82, 2.24) is 0 Å². The van der Waals surface area contributed by atoms with Crippen molar-refractivity contribution in [3.63, 3.8) is 0 Å². The van der Waals surface area contributed by atoms with Gasteiger partial charge < -0.3 is 9.47 Å². The highest BCUT2D eigenvalue weighted by Crippen LogP contribution is 2.10. The van der Waals surface area contributed by atoms with Crippen molar-refractivity contribution in [2.45, 2.75) is 97.8 Å². The van der Waals surface area contributed by atoms with E-state index in [1.165, 1.54) is 44.9 Å². The number of carbonyl (C=O) groups is 2. The van der Waals surface area contributed by atoms with E-state index in [0.717, 1.165) is 25.7 Å². The number of ether oxygens (including phenoxy) is 2. The molecule has 0 aromatic rings. The monoisotopic (exact) mass is 342 g/mol. The van der Waals surface area contributed by atoms with Gasteiger partial charge in [-0.3, -0.25) is 9.59 Å². The van der Waals surface area contributed by atoms with Gasteiger partial charge in [-0.05, 0) is 18.8 Å². The van der Waals surface area contributed by atoms with Gasteiger partial charge in [0.2, 0.25) is 0 Å². The molecular formula is C20H38O4. The van der Waals surface area contributed by atoms with E-state index >= 15 is 0 Å². The molecule has 142 valence electrons. The second kappa shape index (κ2) is 16.8. The molecular weight excluding hydrogens is 304 g/mol. The lowest BCUT2D eigenvalue weighted by molar-refractivity contribution is -0.154. The van der Waals surface area contributed by atoms with Crippen LogP contribution < -0.4 is 0 Å². The Bertz CT molecular complexity index is 315. The third-order valence-corrected chi connectivity index (χ3v) is 4.37. The van der Waals surface area contributed by atoms with Crippen LogP contribution in [0, 0.1) is 5.92 Å². The van der Waals surface area contributed by atoms with E-state index in [-0.39, 0.29) is 6.42 Å². The molecule has 0 spiro atoms. The van der Waals surface area contributed by atoms with Crippen LogP contribution in [-0.4, -0.2) is 25.2 Å². The van der Waals surface area contributed by atoms with Crippen molar-refractivity contribution in [3.8, 4) is 0 Å². The molecule has 0 radical (unpaired) electrons. The Kier molecular flexibility index (Phi) is 16.0. The lowest BCUT2D eigenvalue weighted by Gasteiger charge is -2.09. The largest absolute Gasteiger partial charge is 0.465 e. The average molecular weight is 343 g/mol. The van der Waals surface area contributed by atoms with Gasteiger partial charge in [-0.2, -0.15) is 0 Å². The molecule has 0 fully saturated rings. The van der Waals surface area contributed by atoms with Gasteiger partial charge in [-0.15, -0.1) is 0 Å². The summed E-state index contributed by atoms with van der Waals surface area (Å²) in [7, 11) is 0. The average Bonchev–Trinajstić information content (AvgIpc) is 2.56. The molecule has 0 saturated heterocycles. The predicted octanol–water partition coefficient (Wildman–Crippen LogP) is 5.43. The fraction of sp³-hybridized carbons (Fsp3) is 0.900. The fourth-order valence-electron chi connectivity index (χ4n) is 2.40. The minimum Gasteiger partial charge on any atom is -0.465 e. The molecule has 0 aliphatic carbocycles. The molecule has 24 heavy (non-hydrogen) atoms. The third-order valence-electron chi connectivity index (χ3n) is 4.37. The Morgan fingerprint density at radius 2 is 1.25 bits per heavy atom. The number of rotatable bonds is 16. The van der Waals surface area contributed by atoms with Gasteiger partial charge >= 0.3 is 11.9 Å². The summed E-state index contributed by atoms with van der Waals surface area (Å²) in [5, 5.41) is 0. The number of esters is 2. The molecule has 0 N–H and O–H groups in total. The van der Waals surface area contributed by atoms with Crippen LogP contribution in [0.5, 0.6) is 0 Å². The quantitative estimate of drug-likeness (QED) is 0.213. The zero-order valence-electron chi connectivity index (χ0n) is 16.1. The number of hydrogen-bond acceptors (Lipinski definition) is 4. The number of unbranched alkanes of at least 4 members (excludes halogenated alkanes) is 8. The first-order valence-corrected chi connectivity index (χ1v) is 9.91. The van der Waals surface area contributed by atoms with Crippen molar-refractivity contribution < 1.29 is 19.1 Å². The van der Waals surface area contributed by atoms with Crippen molar-refractivity contribution >= 4 is 11.9 Å². The van der Waals surface area contributed by atoms with Crippen LogP contribution in [0.3, 0.4) is 0 Å². The lowest BCUT2D eigenvalue weighted by atomic mass is 10.1. The Hall–Kier alpha value is -1.06.